The molecule has 0 aliphatic carbocycles. The predicted molar refractivity (Wildman–Crippen MR) is 102 cm³/mol. The van der Waals surface area contributed by atoms with Gasteiger partial charge in [-0.25, -0.2) is 8.42 Å². The van der Waals surface area contributed by atoms with Crippen molar-refractivity contribution in [1.29, 1.82) is 0 Å². The Labute approximate surface area is 154 Å². The Balaban J connectivity index is 1.73. The summed E-state index contributed by atoms with van der Waals surface area (Å²) in [7, 11) is -2.15. The van der Waals surface area contributed by atoms with E-state index in [0.29, 0.717) is 11.3 Å². The lowest BCUT2D eigenvalue weighted by atomic mass is 10.1. The number of nitrogens with one attached hydrogen (secondary N) is 2. The second-order valence-corrected chi connectivity index (χ2v) is 8.32. The van der Waals surface area contributed by atoms with Crippen molar-refractivity contribution >= 4 is 21.6 Å². The lowest BCUT2D eigenvalue weighted by Gasteiger charge is -2.24. The number of piperidine rings is 1. The summed E-state index contributed by atoms with van der Waals surface area (Å²) >= 11 is 0. The standard InChI is InChI=1S/C19H23N3O3S/c1-22(17-7-3-2-4-8-17)26(24,25)18-11-9-15(10-12-18)19(23)21-16-6-5-13-20-14-16/h2-4,7-12,16,20H,5-6,13-14H2,1H3,(H,21,23)/t16-/m0/s1. The van der Waals surface area contributed by atoms with Gasteiger partial charge in [0.2, 0.25) is 0 Å². The van der Waals surface area contributed by atoms with Crippen molar-refractivity contribution in [2.75, 3.05) is 24.4 Å². The minimum Gasteiger partial charge on any atom is -0.348 e. The van der Waals surface area contributed by atoms with Crippen LogP contribution in [-0.4, -0.2) is 40.5 Å². The molecule has 2 aromatic carbocycles. The van der Waals surface area contributed by atoms with Crippen LogP contribution < -0.4 is 14.9 Å². The third-order valence-electron chi connectivity index (χ3n) is 4.53. The van der Waals surface area contributed by atoms with Crippen LogP contribution in [0, 0.1) is 0 Å². The van der Waals surface area contributed by atoms with Crippen molar-refractivity contribution in [2.24, 2.45) is 0 Å². The lowest BCUT2D eigenvalue weighted by molar-refractivity contribution is 0.0930. The monoisotopic (exact) mass is 373 g/mol. The van der Waals surface area contributed by atoms with E-state index < -0.39 is 10.0 Å². The summed E-state index contributed by atoms with van der Waals surface area (Å²) in [4.78, 5) is 12.5. The number of sulfonamides is 1. The maximum Gasteiger partial charge on any atom is 0.264 e. The molecule has 1 amide bonds. The zero-order valence-corrected chi connectivity index (χ0v) is 15.5. The normalized spacial score (nSPS) is 17.5. The zero-order valence-electron chi connectivity index (χ0n) is 14.7. The molecule has 0 aromatic heterocycles. The Kier molecular flexibility index (Phi) is 5.58. The van der Waals surface area contributed by atoms with Gasteiger partial charge >= 0.3 is 0 Å². The minimum atomic E-state index is -3.67. The third kappa shape index (κ3) is 4.05. The van der Waals surface area contributed by atoms with E-state index in [2.05, 4.69) is 10.6 Å². The first-order chi connectivity index (χ1) is 12.5. The maximum atomic E-state index is 12.7. The number of hydrogen-bond acceptors (Lipinski definition) is 4. The topological polar surface area (TPSA) is 78.5 Å². The van der Waals surface area contributed by atoms with Crippen LogP contribution in [0.4, 0.5) is 5.69 Å². The summed E-state index contributed by atoms with van der Waals surface area (Å²) in [6, 6.07) is 15.0. The Hall–Kier alpha value is -2.38. The quantitative estimate of drug-likeness (QED) is 0.840. The number of hydrogen-bond donors (Lipinski definition) is 2. The smallest absolute Gasteiger partial charge is 0.264 e. The molecule has 1 aliphatic rings. The van der Waals surface area contributed by atoms with Crippen molar-refractivity contribution in [2.45, 2.75) is 23.8 Å². The van der Waals surface area contributed by atoms with Gasteiger partial charge in [-0.05, 0) is 55.8 Å². The second kappa shape index (κ2) is 7.88. The van der Waals surface area contributed by atoms with Crippen LogP contribution in [0.15, 0.2) is 59.5 Å². The van der Waals surface area contributed by atoms with Gasteiger partial charge in [0.1, 0.15) is 0 Å². The largest absolute Gasteiger partial charge is 0.348 e. The lowest BCUT2D eigenvalue weighted by Crippen LogP contribution is -2.45. The van der Waals surface area contributed by atoms with Gasteiger partial charge in [0.25, 0.3) is 15.9 Å². The summed E-state index contributed by atoms with van der Waals surface area (Å²) < 4.78 is 26.7. The fraction of sp³-hybridized carbons (Fsp3) is 0.316. The Bertz CT molecular complexity index is 845. The van der Waals surface area contributed by atoms with Gasteiger partial charge in [-0.15, -0.1) is 0 Å². The van der Waals surface area contributed by atoms with Crippen molar-refractivity contribution < 1.29 is 13.2 Å². The number of rotatable bonds is 5. The van der Waals surface area contributed by atoms with Crippen molar-refractivity contribution in [1.82, 2.24) is 10.6 Å². The molecule has 26 heavy (non-hydrogen) atoms. The number of benzene rings is 2. The highest BCUT2D eigenvalue weighted by Gasteiger charge is 2.22. The van der Waals surface area contributed by atoms with E-state index in [9.17, 15) is 13.2 Å². The van der Waals surface area contributed by atoms with Gasteiger partial charge in [-0.1, -0.05) is 18.2 Å². The second-order valence-electron chi connectivity index (χ2n) is 6.35. The number of carbonyl (C=O) groups is 1. The van der Waals surface area contributed by atoms with E-state index in [-0.39, 0.29) is 16.8 Å². The minimum absolute atomic E-state index is 0.115. The highest BCUT2D eigenvalue weighted by atomic mass is 32.2. The number of nitrogens with zero attached hydrogens (tertiary/aromatic N) is 1. The molecule has 0 bridgehead atoms. The average molecular weight is 373 g/mol. The Morgan fingerprint density at radius 1 is 1.12 bits per heavy atom. The van der Waals surface area contributed by atoms with Crippen LogP contribution in [0.25, 0.3) is 0 Å². The summed E-state index contributed by atoms with van der Waals surface area (Å²) in [5, 5.41) is 6.23. The SMILES string of the molecule is CN(c1ccccc1)S(=O)(=O)c1ccc(C(=O)N[C@H]2CCCNC2)cc1. The van der Waals surface area contributed by atoms with Gasteiger partial charge in [0.15, 0.2) is 0 Å². The van der Waals surface area contributed by atoms with Crippen LogP contribution in [0.2, 0.25) is 0 Å². The molecule has 7 heteroatoms. The molecule has 1 atom stereocenters. The van der Waals surface area contributed by atoms with Gasteiger partial charge in [-0.2, -0.15) is 0 Å². The van der Waals surface area contributed by atoms with Gasteiger partial charge in [-0.3, -0.25) is 9.10 Å². The predicted octanol–water partition coefficient (Wildman–Crippen LogP) is 1.99. The molecular weight excluding hydrogens is 350 g/mol. The van der Waals surface area contributed by atoms with Crippen LogP contribution in [0.1, 0.15) is 23.2 Å². The molecule has 1 aliphatic heterocycles. The first-order valence-electron chi connectivity index (χ1n) is 8.64. The summed E-state index contributed by atoms with van der Waals surface area (Å²) in [6.45, 7) is 1.74. The maximum absolute atomic E-state index is 12.7. The molecule has 0 radical (unpaired) electrons. The van der Waals surface area contributed by atoms with Crippen LogP contribution >= 0.6 is 0 Å². The molecule has 0 spiro atoms. The van der Waals surface area contributed by atoms with E-state index in [4.69, 9.17) is 0 Å². The van der Waals surface area contributed by atoms with Gasteiger partial charge in [0.05, 0.1) is 10.6 Å². The van der Waals surface area contributed by atoms with Crippen molar-refractivity contribution in [3.05, 3.63) is 60.2 Å². The van der Waals surface area contributed by atoms with E-state index >= 15 is 0 Å². The molecule has 1 fully saturated rings. The molecule has 1 heterocycles. The highest BCUT2D eigenvalue weighted by molar-refractivity contribution is 7.92. The van der Waals surface area contributed by atoms with E-state index in [1.54, 1.807) is 36.4 Å². The van der Waals surface area contributed by atoms with Crippen LogP contribution in [-0.2, 0) is 10.0 Å². The van der Waals surface area contributed by atoms with Crippen molar-refractivity contribution in [3.63, 3.8) is 0 Å². The van der Waals surface area contributed by atoms with Crippen molar-refractivity contribution in [3.8, 4) is 0 Å². The fourth-order valence-corrected chi connectivity index (χ4v) is 4.15. The first-order valence-corrected chi connectivity index (χ1v) is 10.1. The number of para-hydroxylation sites is 1. The number of anilines is 1. The van der Waals surface area contributed by atoms with Gasteiger partial charge < -0.3 is 10.6 Å². The molecular formula is C19H23N3O3S. The van der Waals surface area contributed by atoms with E-state index in [1.165, 1.54) is 23.5 Å². The number of amides is 1. The molecule has 2 aromatic rings. The number of carbonyl (C=O) groups excluding carboxylic acids is 1. The summed E-state index contributed by atoms with van der Waals surface area (Å²) in [5.41, 5.74) is 1.04. The molecule has 1 saturated heterocycles. The Morgan fingerprint density at radius 2 is 1.81 bits per heavy atom. The molecule has 3 rings (SSSR count). The molecule has 138 valence electrons. The van der Waals surface area contributed by atoms with Crippen LogP contribution in [0.3, 0.4) is 0 Å². The van der Waals surface area contributed by atoms with E-state index in [1.807, 2.05) is 6.07 Å². The molecule has 0 saturated carbocycles. The van der Waals surface area contributed by atoms with Crippen LogP contribution in [0.5, 0.6) is 0 Å². The Morgan fingerprint density at radius 3 is 2.42 bits per heavy atom. The molecule has 6 nitrogen and oxygen atoms in total. The summed E-state index contributed by atoms with van der Waals surface area (Å²) in [6.07, 6.45) is 1.99. The highest BCUT2D eigenvalue weighted by Crippen LogP contribution is 2.22. The third-order valence-corrected chi connectivity index (χ3v) is 6.33. The molecule has 0 unspecified atom stereocenters. The fourth-order valence-electron chi connectivity index (χ4n) is 2.96. The van der Waals surface area contributed by atoms with E-state index in [0.717, 1.165) is 25.9 Å². The average Bonchev–Trinajstić information content (AvgIpc) is 2.69. The molecule has 2 N–H and O–H groups in total. The first kappa shape index (κ1) is 18.4. The van der Waals surface area contributed by atoms with Gasteiger partial charge in [0, 0.05) is 25.2 Å². The summed E-state index contributed by atoms with van der Waals surface area (Å²) in [5.74, 6) is -0.181. The zero-order chi connectivity index (χ0) is 18.6.